The standard InChI is InChI=1S/C22H13NO4/c24-21-12-11-14(16-5-1-3-7-18(16)21)9-10-15-13-20(23(26)27)22(25)19-8-4-2-6-17(15)19/h1-13H/b14-9-,15-10+. The minimum absolute atomic E-state index is 0.0560. The second kappa shape index (κ2) is 6.46. The third kappa shape index (κ3) is 2.85. The Kier molecular flexibility index (Phi) is 3.97. The summed E-state index contributed by atoms with van der Waals surface area (Å²) < 4.78 is 0. The second-order valence-electron chi connectivity index (χ2n) is 6.15. The van der Waals surface area contributed by atoms with Gasteiger partial charge in [-0.25, -0.2) is 0 Å². The number of carbonyl (C=O) groups is 2. The zero-order valence-corrected chi connectivity index (χ0v) is 14.1. The van der Waals surface area contributed by atoms with Crippen molar-refractivity contribution in [3.8, 4) is 0 Å². The number of carbonyl (C=O) groups excluding carboxylic acids is 2. The number of benzene rings is 2. The summed E-state index contributed by atoms with van der Waals surface area (Å²) >= 11 is 0. The van der Waals surface area contributed by atoms with E-state index in [0.29, 0.717) is 22.3 Å². The lowest BCUT2D eigenvalue weighted by molar-refractivity contribution is -0.416. The van der Waals surface area contributed by atoms with Gasteiger partial charge in [-0.05, 0) is 28.3 Å². The van der Waals surface area contributed by atoms with E-state index in [-0.39, 0.29) is 5.78 Å². The molecule has 2 aromatic rings. The lowest BCUT2D eigenvalue weighted by atomic mass is 9.88. The molecule has 0 aliphatic heterocycles. The van der Waals surface area contributed by atoms with Gasteiger partial charge in [-0.3, -0.25) is 19.7 Å². The maximum absolute atomic E-state index is 12.3. The van der Waals surface area contributed by atoms with Crippen LogP contribution in [0.25, 0.3) is 11.1 Å². The molecule has 0 amide bonds. The van der Waals surface area contributed by atoms with Crippen LogP contribution in [0.1, 0.15) is 31.8 Å². The zero-order chi connectivity index (χ0) is 19.0. The summed E-state index contributed by atoms with van der Waals surface area (Å²) in [5, 5.41) is 11.3. The Labute approximate surface area is 154 Å². The van der Waals surface area contributed by atoms with E-state index in [9.17, 15) is 19.7 Å². The highest BCUT2D eigenvalue weighted by Gasteiger charge is 2.30. The topological polar surface area (TPSA) is 77.3 Å². The first-order valence-electron chi connectivity index (χ1n) is 8.30. The molecule has 0 fully saturated rings. The van der Waals surface area contributed by atoms with Crippen LogP contribution >= 0.6 is 0 Å². The summed E-state index contributed by atoms with van der Waals surface area (Å²) in [6.07, 6.45) is 8.06. The fourth-order valence-corrected chi connectivity index (χ4v) is 3.25. The third-order valence-electron chi connectivity index (χ3n) is 4.56. The molecule has 5 nitrogen and oxygen atoms in total. The molecule has 0 saturated carbocycles. The molecule has 130 valence electrons. The summed E-state index contributed by atoms with van der Waals surface area (Å²) in [6.45, 7) is 0. The number of rotatable bonds is 2. The Morgan fingerprint density at radius 3 is 1.96 bits per heavy atom. The monoisotopic (exact) mass is 355 g/mol. The first-order valence-corrected chi connectivity index (χ1v) is 8.30. The van der Waals surface area contributed by atoms with Gasteiger partial charge in [0, 0.05) is 17.2 Å². The van der Waals surface area contributed by atoms with Crippen molar-refractivity contribution in [3.63, 3.8) is 0 Å². The van der Waals surface area contributed by atoms with Crippen molar-refractivity contribution in [2.24, 2.45) is 0 Å². The summed E-state index contributed by atoms with van der Waals surface area (Å²) in [4.78, 5) is 34.9. The molecule has 2 aliphatic rings. The second-order valence-corrected chi connectivity index (χ2v) is 6.15. The number of Topliss-reactive ketones (excluding diaryl/α,β-unsaturated/α-hetero) is 1. The number of ketones is 2. The quantitative estimate of drug-likeness (QED) is 0.596. The van der Waals surface area contributed by atoms with E-state index in [1.165, 1.54) is 12.2 Å². The number of allylic oxidation sites excluding steroid dienone is 8. The van der Waals surface area contributed by atoms with Crippen LogP contribution in [0.15, 0.2) is 84.6 Å². The molecule has 0 bridgehead atoms. The SMILES string of the molecule is O=C1C=C/C(=C/C=C2\C=C([N+](=O)[O-])C(=O)c3ccccc32)c2ccccc21. The maximum atomic E-state index is 12.3. The molecule has 0 spiro atoms. The van der Waals surface area contributed by atoms with Crippen molar-refractivity contribution in [3.05, 3.63) is 117 Å². The molecule has 0 N–H and O–H groups in total. The van der Waals surface area contributed by atoms with Crippen LogP contribution in [0.5, 0.6) is 0 Å². The number of nitro groups is 1. The largest absolute Gasteiger partial charge is 0.317 e. The minimum atomic E-state index is -0.659. The Morgan fingerprint density at radius 1 is 0.741 bits per heavy atom. The Balaban J connectivity index is 1.85. The highest BCUT2D eigenvalue weighted by atomic mass is 16.6. The molecule has 0 saturated heterocycles. The molecule has 0 aromatic heterocycles. The number of hydrogen-bond donors (Lipinski definition) is 0. The van der Waals surface area contributed by atoms with Gasteiger partial charge in [-0.1, -0.05) is 66.8 Å². The molecule has 2 aromatic carbocycles. The lowest BCUT2D eigenvalue weighted by Gasteiger charge is -2.14. The van der Waals surface area contributed by atoms with Crippen LogP contribution in [-0.2, 0) is 0 Å². The summed E-state index contributed by atoms with van der Waals surface area (Å²) in [5.41, 5.74) is 3.33. The zero-order valence-electron chi connectivity index (χ0n) is 14.1. The molecule has 4 rings (SSSR count). The molecule has 0 atom stereocenters. The van der Waals surface area contributed by atoms with Crippen LogP contribution in [0.3, 0.4) is 0 Å². The van der Waals surface area contributed by atoms with Crippen molar-refractivity contribution in [1.29, 1.82) is 0 Å². The average Bonchev–Trinajstić information content (AvgIpc) is 2.69. The van der Waals surface area contributed by atoms with E-state index in [1.807, 2.05) is 12.1 Å². The Bertz CT molecular complexity index is 1130. The first-order chi connectivity index (χ1) is 13.1. The van der Waals surface area contributed by atoms with Gasteiger partial charge < -0.3 is 0 Å². The van der Waals surface area contributed by atoms with Gasteiger partial charge in [-0.15, -0.1) is 0 Å². The van der Waals surface area contributed by atoms with Gasteiger partial charge in [0.05, 0.1) is 4.92 Å². The first kappa shape index (κ1) is 16.6. The highest BCUT2D eigenvalue weighted by molar-refractivity contribution is 6.15. The molecule has 0 unspecified atom stereocenters. The predicted molar refractivity (Wildman–Crippen MR) is 102 cm³/mol. The molecule has 2 aliphatic carbocycles. The maximum Gasteiger partial charge on any atom is 0.317 e. The Hall–Kier alpha value is -3.86. The van der Waals surface area contributed by atoms with E-state index in [1.54, 1.807) is 54.6 Å². The fraction of sp³-hybridized carbons (Fsp3) is 0. The van der Waals surface area contributed by atoms with Crippen LogP contribution in [0.4, 0.5) is 0 Å². The van der Waals surface area contributed by atoms with E-state index in [0.717, 1.165) is 11.1 Å². The highest BCUT2D eigenvalue weighted by Crippen LogP contribution is 2.31. The van der Waals surface area contributed by atoms with Gasteiger partial charge in [0.1, 0.15) is 0 Å². The molecule has 0 radical (unpaired) electrons. The van der Waals surface area contributed by atoms with E-state index in [2.05, 4.69) is 0 Å². The minimum Gasteiger partial charge on any atom is -0.289 e. The van der Waals surface area contributed by atoms with E-state index >= 15 is 0 Å². The van der Waals surface area contributed by atoms with Crippen molar-refractivity contribution in [2.45, 2.75) is 0 Å². The number of fused-ring (bicyclic) bond motifs is 2. The molecule has 5 heteroatoms. The van der Waals surface area contributed by atoms with Gasteiger partial charge >= 0.3 is 5.70 Å². The van der Waals surface area contributed by atoms with Crippen LogP contribution in [0.2, 0.25) is 0 Å². The van der Waals surface area contributed by atoms with E-state index in [4.69, 9.17) is 0 Å². The van der Waals surface area contributed by atoms with Crippen molar-refractivity contribution < 1.29 is 14.5 Å². The van der Waals surface area contributed by atoms with Crippen LogP contribution in [0, 0.1) is 10.1 Å². The smallest absolute Gasteiger partial charge is 0.289 e. The van der Waals surface area contributed by atoms with Gasteiger partial charge in [0.2, 0.25) is 0 Å². The molecular formula is C22H13NO4. The average molecular weight is 355 g/mol. The molecule has 27 heavy (non-hydrogen) atoms. The fourth-order valence-electron chi connectivity index (χ4n) is 3.25. The lowest BCUT2D eigenvalue weighted by Crippen LogP contribution is -2.17. The van der Waals surface area contributed by atoms with Crippen molar-refractivity contribution >= 4 is 22.7 Å². The predicted octanol–water partition coefficient (Wildman–Crippen LogP) is 4.26. The third-order valence-corrected chi connectivity index (χ3v) is 4.56. The van der Waals surface area contributed by atoms with Gasteiger partial charge in [-0.2, -0.15) is 0 Å². The summed E-state index contributed by atoms with van der Waals surface area (Å²) in [7, 11) is 0. The molecular weight excluding hydrogens is 342 g/mol. The van der Waals surface area contributed by atoms with Crippen molar-refractivity contribution in [1.82, 2.24) is 0 Å². The van der Waals surface area contributed by atoms with Gasteiger partial charge in [0.25, 0.3) is 5.78 Å². The normalized spacial score (nSPS) is 18.3. The molecule has 0 heterocycles. The Morgan fingerprint density at radius 2 is 1.30 bits per heavy atom. The van der Waals surface area contributed by atoms with Crippen LogP contribution < -0.4 is 0 Å². The summed E-state index contributed by atoms with van der Waals surface area (Å²) in [5.74, 6) is -0.645. The van der Waals surface area contributed by atoms with E-state index < -0.39 is 16.4 Å². The van der Waals surface area contributed by atoms with Crippen molar-refractivity contribution in [2.75, 3.05) is 0 Å². The number of hydrogen-bond acceptors (Lipinski definition) is 4. The summed E-state index contributed by atoms with van der Waals surface area (Å²) in [6, 6.07) is 14.1. The van der Waals surface area contributed by atoms with Gasteiger partial charge in [0.15, 0.2) is 5.78 Å². The number of nitrogens with zero attached hydrogens (tertiary/aromatic N) is 1. The van der Waals surface area contributed by atoms with Crippen LogP contribution in [-0.4, -0.2) is 16.5 Å².